The molecular weight excluding hydrogens is 372 g/mol. The monoisotopic (exact) mass is 406 g/mol. The van der Waals surface area contributed by atoms with Crippen molar-refractivity contribution in [1.29, 1.82) is 0 Å². The first-order valence-corrected chi connectivity index (χ1v) is 10.1. The Hall–Kier alpha value is -2.28. The predicted octanol–water partition coefficient (Wildman–Crippen LogP) is 4.06. The van der Waals surface area contributed by atoms with Crippen molar-refractivity contribution < 1.29 is 23.8 Å². The summed E-state index contributed by atoms with van der Waals surface area (Å²) in [6, 6.07) is 9.78. The second kappa shape index (κ2) is 9.48. The Morgan fingerprint density at radius 2 is 1.90 bits per heavy atom. The summed E-state index contributed by atoms with van der Waals surface area (Å²) < 4.78 is 16.7. The first-order valence-electron chi connectivity index (χ1n) is 10.1. The summed E-state index contributed by atoms with van der Waals surface area (Å²) in [7, 11) is 1.66. The highest BCUT2D eigenvalue weighted by atomic mass is 16.6. The maximum Gasteiger partial charge on any atom is 0.412 e. The second-order valence-electron chi connectivity index (χ2n) is 8.85. The van der Waals surface area contributed by atoms with Crippen molar-refractivity contribution >= 4 is 12.2 Å². The molecule has 0 aromatic heterocycles. The zero-order valence-electron chi connectivity index (χ0n) is 18.4. The molecule has 2 rings (SSSR count). The molecule has 0 saturated carbocycles. The summed E-state index contributed by atoms with van der Waals surface area (Å²) in [4.78, 5) is 28.1. The van der Waals surface area contributed by atoms with E-state index in [9.17, 15) is 9.59 Å². The van der Waals surface area contributed by atoms with Gasteiger partial charge >= 0.3 is 12.2 Å². The van der Waals surface area contributed by atoms with E-state index in [2.05, 4.69) is 12.1 Å². The molecule has 29 heavy (non-hydrogen) atoms. The minimum atomic E-state index is -0.798. The predicted molar refractivity (Wildman–Crippen MR) is 111 cm³/mol. The number of benzene rings is 1. The van der Waals surface area contributed by atoms with Crippen LogP contribution in [0.15, 0.2) is 30.3 Å². The van der Waals surface area contributed by atoms with E-state index in [1.807, 2.05) is 52.8 Å². The fraction of sp³-hybridized carbons (Fsp3) is 0.636. The van der Waals surface area contributed by atoms with Crippen molar-refractivity contribution in [3.8, 4) is 0 Å². The molecule has 0 bridgehead atoms. The van der Waals surface area contributed by atoms with Gasteiger partial charge in [-0.15, -0.1) is 0 Å². The van der Waals surface area contributed by atoms with Gasteiger partial charge in [0.15, 0.2) is 0 Å². The number of likely N-dealkylation sites (N-methyl/N-ethyl adjacent to an activating group) is 1. The van der Waals surface area contributed by atoms with E-state index in [4.69, 9.17) is 14.2 Å². The lowest BCUT2D eigenvalue weighted by Gasteiger charge is -2.36. The third-order valence-electron chi connectivity index (χ3n) is 4.64. The van der Waals surface area contributed by atoms with Crippen LogP contribution in [0, 0.1) is 0 Å². The summed E-state index contributed by atoms with van der Waals surface area (Å²) in [5.74, 6) is 0. The number of ether oxygens (including phenoxy) is 3. The molecule has 0 radical (unpaired) electrons. The second-order valence-corrected chi connectivity index (χ2v) is 8.85. The Morgan fingerprint density at radius 3 is 2.52 bits per heavy atom. The third-order valence-corrected chi connectivity index (χ3v) is 4.64. The van der Waals surface area contributed by atoms with Crippen LogP contribution in [0.5, 0.6) is 0 Å². The van der Waals surface area contributed by atoms with Gasteiger partial charge in [0.2, 0.25) is 0 Å². The van der Waals surface area contributed by atoms with Crippen LogP contribution in [0.4, 0.5) is 9.59 Å². The Morgan fingerprint density at radius 1 is 1.24 bits per heavy atom. The van der Waals surface area contributed by atoms with Crippen LogP contribution in [0.3, 0.4) is 0 Å². The Bertz CT molecular complexity index is 684. The van der Waals surface area contributed by atoms with Crippen LogP contribution >= 0.6 is 0 Å². The number of hydrogen-bond acceptors (Lipinski definition) is 5. The first-order chi connectivity index (χ1) is 13.5. The van der Waals surface area contributed by atoms with E-state index in [1.165, 1.54) is 10.5 Å². The molecule has 1 aromatic carbocycles. The first kappa shape index (κ1) is 23.0. The fourth-order valence-electron chi connectivity index (χ4n) is 3.28. The molecule has 1 atom stereocenters. The molecule has 1 aliphatic heterocycles. The number of nitrogens with zero attached hydrogens (tertiary/aromatic N) is 2. The Kier molecular flexibility index (Phi) is 7.52. The van der Waals surface area contributed by atoms with Crippen LogP contribution in [0.2, 0.25) is 0 Å². The van der Waals surface area contributed by atoms with Gasteiger partial charge in [0.25, 0.3) is 0 Å². The van der Waals surface area contributed by atoms with E-state index in [1.54, 1.807) is 11.9 Å². The molecule has 1 aliphatic rings. The lowest BCUT2D eigenvalue weighted by molar-refractivity contribution is -0.0631. The minimum Gasteiger partial charge on any atom is -0.449 e. The number of rotatable bonds is 6. The van der Waals surface area contributed by atoms with E-state index in [0.29, 0.717) is 19.8 Å². The molecule has 1 heterocycles. The van der Waals surface area contributed by atoms with Gasteiger partial charge in [-0.2, -0.15) is 0 Å². The maximum atomic E-state index is 12.7. The SMILES string of the molecule is CN(CC1COC(C)(C)N1C(=O)OC(C)(C)C)C(=O)OCCCc1ccccc1. The van der Waals surface area contributed by atoms with Gasteiger partial charge in [-0.1, -0.05) is 30.3 Å². The van der Waals surface area contributed by atoms with E-state index >= 15 is 0 Å². The molecule has 1 aromatic rings. The van der Waals surface area contributed by atoms with E-state index in [0.717, 1.165) is 12.8 Å². The van der Waals surface area contributed by atoms with Crippen molar-refractivity contribution in [2.45, 2.75) is 64.8 Å². The minimum absolute atomic E-state index is 0.304. The lowest BCUT2D eigenvalue weighted by Crippen LogP contribution is -2.53. The standard InChI is InChI=1S/C22H34N2O5/c1-21(2,3)29-20(26)24-18(16-28-22(24,4)5)15-23(6)19(25)27-14-10-13-17-11-8-7-9-12-17/h7-9,11-12,18H,10,13-16H2,1-6H3. The van der Waals surface area contributed by atoms with Gasteiger partial charge in [0.05, 0.1) is 19.3 Å². The van der Waals surface area contributed by atoms with Crippen molar-refractivity contribution in [3.05, 3.63) is 35.9 Å². The number of amides is 2. The molecule has 162 valence electrons. The van der Waals surface area contributed by atoms with Crippen molar-refractivity contribution in [2.75, 3.05) is 26.8 Å². The van der Waals surface area contributed by atoms with Crippen molar-refractivity contribution in [2.24, 2.45) is 0 Å². The highest BCUT2D eigenvalue weighted by Crippen LogP contribution is 2.29. The third kappa shape index (κ3) is 6.92. The number of aryl methyl sites for hydroxylation is 1. The average Bonchev–Trinajstić information content (AvgIpc) is 2.92. The van der Waals surface area contributed by atoms with E-state index < -0.39 is 23.5 Å². The molecule has 1 unspecified atom stereocenters. The highest BCUT2D eigenvalue weighted by Gasteiger charge is 2.46. The molecule has 0 N–H and O–H groups in total. The Labute approximate surface area is 173 Å². The van der Waals surface area contributed by atoms with Gasteiger partial charge in [-0.3, -0.25) is 4.90 Å². The molecule has 0 spiro atoms. The fourth-order valence-corrected chi connectivity index (χ4v) is 3.28. The molecule has 1 saturated heterocycles. The quantitative estimate of drug-likeness (QED) is 0.667. The number of carbonyl (C=O) groups is 2. The molecule has 7 nitrogen and oxygen atoms in total. The zero-order chi connectivity index (χ0) is 21.7. The average molecular weight is 407 g/mol. The van der Waals surface area contributed by atoms with Crippen LogP contribution in [0.1, 0.15) is 46.6 Å². The van der Waals surface area contributed by atoms with Gasteiger partial charge in [0.1, 0.15) is 11.3 Å². The van der Waals surface area contributed by atoms with Gasteiger partial charge in [-0.05, 0) is 53.0 Å². The molecule has 7 heteroatoms. The summed E-state index contributed by atoms with van der Waals surface area (Å²) in [5.41, 5.74) is -0.188. The zero-order valence-corrected chi connectivity index (χ0v) is 18.4. The largest absolute Gasteiger partial charge is 0.449 e. The molecule has 2 amide bonds. The highest BCUT2D eigenvalue weighted by molar-refractivity contribution is 5.70. The van der Waals surface area contributed by atoms with Crippen LogP contribution < -0.4 is 0 Å². The van der Waals surface area contributed by atoms with E-state index in [-0.39, 0.29) is 6.04 Å². The topological polar surface area (TPSA) is 68.3 Å². The van der Waals surface area contributed by atoms with Crippen molar-refractivity contribution in [3.63, 3.8) is 0 Å². The summed E-state index contributed by atoms with van der Waals surface area (Å²) in [5, 5.41) is 0. The molecular formula is C22H34N2O5. The van der Waals surface area contributed by atoms with Crippen LogP contribution in [0.25, 0.3) is 0 Å². The number of carbonyl (C=O) groups excluding carboxylic acids is 2. The normalized spacial score (nSPS) is 18.4. The lowest BCUT2D eigenvalue weighted by atomic mass is 10.1. The van der Waals surface area contributed by atoms with Crippen LogP contribution in [-0.4, -0.2) is 66.2 Å². The van der Waals surface area contributed by atoms with Crippen LogP contribution in [-0.2, 0) is 20.6 Å². The molecule has 1 fully saturated rings. The summed E-state index contributed by atoms with van der Waals surface area (Å²) in [6.45, 7) is 10.1. The van der Waals surface area contributed by atoms with Gasteiger partial charge < -0.3 is 19.1 Å². The van der Waals surface area contributed by atoms with Gasteiger partial charge in [-0.25, -0.2) is 9.59 Å². The van der Waals surface area contributed by atoms with Crippen molar-refractivity contribution in [1.82, 2.24) is 9.80 Å². The molecule has 0 aliphatic carbocycles. The summed E-state index contributed by atoms with van der Waals surface area (Å²) in [6.07, 6.45) is 0.754. The summed E-state index contributed by atoms with van der Waals surface area (Å²) >= 11 is 0. The maximum absolute atomic E-state index is 12.7. The number of hydrogen-bond donors (Lipinski definition) is 0. The smallest absolute Gasteiger partial charge is 0.412 e. The Balaban J connectivity index is 1.84. The van der Waals surface area contributed by atoms with Gasteiger partial charge in [0, 0.05) is 13.6 Å².